The van der Waals surface area contributed by atoms with E-state index in [1.54, 1.807) is 21.9 Å². The quantitative estimate of drug-likeness (QED) is 0.215. The summed E-state index contributed by atoms with van der Waals surface area (Å²) in [5.74, 6) is 2.70. The first-order chi connectivity index (χ1) is 19.9. The van der Waals surface area contributed by atoms with Crippen LogP contribution in [0.3, 0.4) is 0 Å². The van der Waals surface area contributed by atoms with Gasteiger partial charge in [0.05, 0.1) is 11.1 Å². The third-order valence-electron chi connectivity index (χ3n) is 7.24. The van der Waals surface area contributed by atoms with Gasteiger partial charge in [0.15, 0.2) is 0 Å². The molecule has 1 unspecified atom stereocenters. The molecule has 0 bridgehead atoms. The summed E-state index contributed by atoms with van der Waals surface area (Å²) in [6.07, 6.45) is 0.462. The molecular weight excluding hydrogens is 542 g/mol. The summed E-state index contributed by atoms with van der Waals surface area (Å²) in [5, 5.41) is 4.83. The smallest absolute Gasteiger partial charge is 0.263 e. The summed E-state index contributed by atoms with van der Waals surface area (Å²) < 4.78 is 0. The van der Waals surface area contributed by atoms with Gasteiger partial charge in [0.1, 0.15) is 12.5 Å². The van der Waals surface area contributed by atoms with Gasteiger partial charge in [-0.05, 0) is 24.0 Å². The minimum absolute atomic E-state index is 0.0309. The van der Waals surface area contributed by atoms with Crippen molar-refractivity contribution >= 4 is 41.4 Å². The summed E-state index contributed by atoms with van der Waals surface area (Å²) in [6.45, 7) is 7.85. The van der Waals surface area contributed by atoms with E-state index in [-0.39, 0.29) is 60.6 Å². The van der Waals surface area contributed by atoms with Gasteiger partial charge in [-0.3, -0.25) is 43.8 Å². The molecule has 12 heteroatoms. The van der Waals surface area contributed by atoms with Gasteiger partial charge < -0.3 is 15.1 Å². The lowest BCUT2D eigenvalue weighted by Gasteiger charge is -2.36. The maximum Gasteiger partial charge on any atom is 0.263 e. The predicted octanol–water partition coefficient (Wildman–Crippen LogP) is 0.443. The van der Waals surface area contributed by atoms with Crippen molar-refractivity contribution in [3.63, 3.8) is 0 Å². The van der Waals surface area contributed by atoms with Gasteiger partial charge in [-0.1, -0.05) is 38.7 Å². The van der Waals surface area contributed by atoms with Crippen molar-refractivity contribution < 1.29 is 33.6 Å². The van der Waals surface area contributed by atoms with E-state index in [4.69, 9.17) is 0 Å². The second-order valence-corrected chi connectivity index (χ2v) is 11.8. The molecule has 222 valence electrons. The van der Waals surface area contributed by atoms with Crippen LogP contribution in [0, 0.1) is 17.3 Å². The minimum Gasteiger partial charge on any atom is -0.355 e. The number of fused-ring (bicyclic) bond motifs is 1. The highest BCUT2D eigenvalue weighted by molar-refractivity contribution is 6.24. The fourth-order valence-electron chi connectivity index (χ4n) is 5.12. The van der Waals surface area contributed by atoms with Crippen molar-refractivity contribution in [2.75, 3.05) is 32.7 Å². The van der Waals surface area contributed by atoms with Crippen LogP contribution in [0.5, 0.6) is 0 Å². The maximum absolute atomic E-state index is 13.1. The number of hydrogen-bond acceptors (Lipinski definition) is 7. The van der Waals surface area contributed by atoms with E-state index < -0.39 is 35.6 Å². The number of rotatable bonds is 6. The van der Waals surface area contributed by atoms with Gasteiger partial charge in [0, 0.05) is 57.5 Å². The lowest BCUT2D eigenvalue weighted by atomic mass is 9.91. The molecule has 1 aromatic rings. The van der Waals surface area contributed by atoms with Crippen molar-refractivity contribution in [1.29, 1.82) is 0 Å². The third kappa shape index (κ3) is 7.02. The number of nitrogens with one attached hydrogen (secondary N) is 2. The second-order valence-electron chi connectivity index (χ2n) is 11.8. The molecule has 3 aliphatic rings. The highest BCUT2D eigenvalue weighted by atomic mass is 16.2. The number of imide groups is 2. The average molecular weight is 578 g/mol. The molecule has 0 aliphatic carbocycles. The molecule has 7 amide bonds. The fourth-order valence-corrected chi connectivity index (χ4v) is 5.12. The topological polar surface area (TPSA) is 153 Å². The first-order valence-electron chi connectivity index (χ1n) is 14.0. The van der Waals surface area contributed by atoms with Crippen LogP contribution in [0.25, 0.3) is 0 Å². The van der Waals surface area contributed by atoms with E-state index in [1.165, 1.54) is 6.07 Å². The Morgan fingerprint density at radius 3 is 2.29 bits per heavy atom. The number of nitrogens with zero attached hydrogens (tertiary/aromatic N) is 3. The maximum atomic E-state index is 13.1. The molecule has 0 saturated carbocycles. The van der Waals surface area contributed by atoms with E-state index in [1.807, 2.05) is 20.8 Å². The molecule has 1 aromatic carbocycles. The van der Waals surface area contributed by atoms with Gasteiger partial charge in [-0.15, -0.1) is 0 Å². The Hall–Kier alpha value is -4.53. The Bertz CT molecular complexity index is 1390. The van der Waals surface area contributed by atoms with E-state index >= 15 is 0 Å². The molecule has 3 heterocycles. The molecule has 2 fully saturated rings. The number of piperidine rings is 1. The highest BCUT2D eigenvalue weighted by Gasteiger charge is 2.45. The van der Waals surface area contributed by atoms with Gasteiger partial charge in [-0.2, -0.15) is 0 Å². The zero-order chi connectivity index (χ0) is 30.6. The first-order valence-corrected chi connectivity index (χ1v) is 14.0. The molecule has 42 heavy (non-hydrogen) atoms. The summed E-state index contributed by atoms with van der Waals surface area (Å²) in [6, 6.07) is 3.62. The number of piperazine rings is 1. The van der Waals surface area contributed by atoms with Crippen molar-refractivity contribution in [3.8, 4) is 11.8 Å². The first kappa shape index (κ1) is 30.4. The monoisotopic (exact) mass is 577 g/mol. The number of carbonyl (C=O) groups excluding carboxylic acids is 7. The van der Waals surface area contributed by atoms with Crippen molar-refractivity contribution in [2.24, 2.45) is 5.41 Å². The van der Waals surface area contributed by atoms with Crippen molar-refractivity contribution in [1.82, 2.24) is 25.3 Å². The highest BCUT2D eigenvalue weighted by Crippen LogP contribution is 2.29. The molecule has 0 spiro atoms. The second kappa shape index (κ2) is 12.5. The Kier molecular flexibility index (Phi) is 9.09. The molecule has 0 aromatic heterocycles. The largest absolute Gasteiger partial charge is 0.355 e. The lowest BCUT2D eigenvalue weighted by molar-refractivity contribution is -0.142. The Morgan fingerprint density at radius 2 is 1.64 bits per heavy atom. The fraction of sp³-hybridized carbons (Fsp3) is 0.500. The van der Waals surface area contributed by atoms with Crippen LogP contribution in [0.2, 0.25) is 0 Å². The van der Waals surface area contributed by atoms with E-state index in [0.717, 1.165) is 4.90 Å². The van der Waals surface area contributed by atoms with Crippen LogP contribution in [-0.4, -0.2) is 94.8 Å². The number of amides is 7. The van der Waals surface area contributed by atoms with Crippen molar-refractivity contribution in [2.45, 2.75) is 58.9 Å². The van der Waals surface area contributed by atoms with Crippen LogP contribution in [0.4, 0.5) is 0 Å². The number of carbonyl (C=O) groups is 7. The number of benzene rings is 1. The Labute approximate surface area is 244 Å². The molecular formula is C30H35N5O7. The lowest BCUT2D eigenvalue weighted by Crippen LogP contribution is -2.54. The van der Waals surface area contributed by atoms with Crippen LogP contribution in [0.15, 0.2) is 18.2 Å². The van der Waals surface area contributed by atoms with Crippen molar-refractivity contribution in [3.05, 3.63) is 34.9 Å². The molecule has 3 aliphatic heterocycles. The summed E-state index contributed by atoms with van der Waals surface area (Å²) in [4.78, 5) is 91.3. The molecule has 0 radical (unpaired) electrons. The molecule has 4 rings (SSSR count). The summed E-state index contributed by atoms with van der Waals surface area (Å²) in [7, 11) is 0. The van der Waals surface area contributed by atoms with Crippen LogP contribution < -0.4 is 10.6 Å². The van der Waals surface area contributed by atoms with E-state index in [9.17, 15) is 33.6 Å². The molecule has 2 N–H and O–H groups in total. The van der Waals surface area contributed by atoms with E-state index in [0.29, 0.717) is 38.2 Å². The standard InChI is InChI=1S/C30H35N5O7/c1-30(2,3)18-25(39)34-15-13-33(14-16-34)24(38)17-23(37)31-12-5-4-7-19-8-6-9-20-26(19)29(42)35(28(20)41)21-10-11-22(36)32-27(21)40/h6,8-9,21H,5,10-18H2,1-3H3,(H,31,37)(H,32,36,40). The average Bonchev–Trinajstić information content (AvgIpc) is 3.17. The molecule has 1 atom stereocenters. The van der Waals surface area contributed by atoms with Crippen LogP contribution >= 0.6 is 0 Å². The Morgan fingerprint density at radius 1 is 0.976 bits per heavy atom. The minimum atomic E-state index is -1.06. The van der Waals surface area contributed by atoms with E-state index in [2.05, 4.69) is 22.5 Å². The Balaban J connectivity index is 1.25. The van der Waals surface area contributed by atoms with Gasteiger partial charge in [0.25, 0.3) is 11.8 Å². The zero-order valence-electron chi connectivity index (χ0n) is 24.1. The van der Waals surface area contributed by atoms with Gasteiger partial charge >= 0.3 is 0 Å². The SMILES string of the molecule is CC(C)(C)CC(=O)N1CCN(C(=O)CC(=O)NCCC#Cc2cccc3c2C(=O)N(C2CCC(=O)NC2=O)C3=O)CC1. The van der Waals surface area contributed by atoms with Gasteiger partial charge in [0.2, 0.25) is 29.5 Å². The molecule has 2 saturated heterocycles. The summed E-state index contributed by atoms with van der Waals surface area (Å²) in [5.41, 5.74) is 0.461. The zero-order valence-corrected chi connectivity index (χ0v) is 24.1. The normalized spacial score (nSPS) is 18.7. The third-order valence-corrected chi connectivity index (χ3v) is 7.24. The molecule has 12 nitrogen and oxygen atoms in total. The predicted molar refractivity (Wildman–Crippen MR) is 149 cm³/mol. The summed E-state index contributed by atoms with van der Waals surface area (Å²) >= 11 is 0. The van der Waals surface area contributed by atoms with Gasteiger partial charge in [-0.25, -0.2) is 0 Å². The number of hydrogen-bond donors (Lipinski definition) is 2. The van der Waals surface area contributed by atoms with Crippen LogP contribution in [0.1, 0.15) is 79.2 Å². The van der Waals surface area contributed by atoms with Crippen LogP contribution in [-0.2, 0) is 24.0 Å².